The molecule has 0 spiro atoms. The van der Waals surface area contributed by atoms with Gasteiger partial charge in [-0.15, -0.1) is 5.10 Å². The number of aromatic nitrogens is 4. The van der Waals surface area contributed by atoms with E-state index in [2.05, 4.69) is 20.4 Å². The maximum Gasteiger partial charge on any atom is 0.416 e. The summed E-state index contributed by atoms with van der Waals surface area (Å²) >= 11 is 5.83. The summed E-state index contributed by atoms with van der Waals surface area (Å²) in [7, 11) is 0. The summed E-state index contributed by atoms with van der Waals surface area (Å²) in [5.41, 5.74) is 0.572. The van der Waals surface area contributed by atoms with E-state index in [0.717, 1.165) is 0 Å². The van der Waals surface area contributed by atoms with Crippen molar-refractivity contribution in [2.45, 2.75) is 18.8 Å². The van der Waals surface area contributed by atoms with Gasteiger partial charge in [-0.2, -0.15) is 13.2 Å². The predicted octanol–water partition coefficient (Wildman–Crippen LogP) is 2.25. The number of hydrogen-bond donors (Lipinski definition) is 3. The van der Waals surface area contributed by atoms with Gasteiger partial charge in [-0.05, 0) is 36.4 Å². The molecule has 1 atom stereocenters. The minimum absolute atomic E-state index is 0.0660. The molecule has 1 aromatic carbocycles. The Kier molecular flexibility index (Phi) is 8.96. The van der Waals surface area contributed by atoms with Gasteiger partial charge in [-0.25, -0.2) is 19.4 Å². The quantitative estimate of drug-likeness (QED) is 0.287. The zero-order valence-corrected chi connectivity index (χ0v) is 21.6. The van der Waals surface area contributed by atoms with E-state index in [0.29, 0.717) is 41.9 Å². The number of amidine groups is 1. The second-order valence-electron chi connectivity index (χ2n) is 8.56. The van der Waals surface area contributed by atoms with Crippen LogP contribution in [-0.4, -0.2) is 97.6 Å². The van der Waals surface area contributed by atoms with E-state index in [-0.39, 0.29) is 29.5 Å². The summed E-state index contributed by atoms with van der Waals surface area (Å²) in [6.07, 6.45) is -5.14. The molecule has 1 saturated heterocycles. The standard InChI is InChI=1S/C24H24ClF3N8O4/c25-16-5-3-15(4-6-16)21(29)35(13-18(37)24(26,27)28)23(39)31-12-19-32-14-36(33-19)17-2-1-7-30-20(17)22(38)34-8-10-40-11-9-34/h1-7,14,18,29,37H,8-13H2,(H,31,39)/t18-/m1/s1. The molecular weight excluding hydrogens is 557 g/mol. The van der Waals surface area contributed by atoms with Crippen LogP contribution < -0.4 is 5.32 Å². The Labute approximate surface area is 230 Å². The highest BCUT2D eigenvalue weighted by Gasteiger charge is 2.41. The molecule has 16 heteroatoms. The molecule has 0 radical (unpaired) electrons. The number of morpholine rings is 1. The number of urea groups is 1. The van der Waals surface area contributed by atoms with Gasteiger partial charge in [0.15, 0.2) is 17.6 Å². The lowest BCUT2D eigenvalue weighted by atomic mass is 10.2. The average molecular weight is 581 g/mol. The molecule has 212 valence electrons. The normalized spacial score (nSPS) is 14.5. The molecular formula is C24H24ClF3N8O4. The van der Waals surface area contributed by atoms with Crippen molar-refractivity contribution in [2.24, 2.45) is 0 Å². The van der Waals surface area contributed by atoms with Crippen molar-refractivity contribution < 1.29 is 32.6 Å². The number of carbonyl (C=O) groups is 2. The molecule has 40 heavy (non-hydrogen) atoms. The number of nitrogens with one attached hydrogen (secondary N) is 2. The van der Waals surface area contributed by atoms with E-state index < -0.39 is 30.7 Å². The van der Waals surface area contributed by atoms with Crippen LogP contribution in [0.1, 0.15) is 21.9 Å². The highest BCUT2D eigenvalue weighted by Crippen LogP contribution is 2.22. The molecule has 3 N–H and O–H groups in total. The van der Waals surface area contributed by atoms with Crippen molar-refractivity contribution in [1.29, 1.82) is 5.41 Å². The molecule has 4 rings (SSSR count). The molecule has 0 unspecified atom stereocenters. The Morgan fingerprint density at radius 2 is 1.88 bits per heavy atom. The van der Waals surface area contributed by atoms with Crippen LogP contribution in [0.3, 0.4) is 0 Å². The van der Waals surface area contributed by atoms with E-state index in [1.807, 2.05) is 0 Å². The third-order valence-electron chi connectivity index (χ3n) is 5.84. The van der Waals surface area contributed by atoms with Gasteiger partial charge in [0, 0.05) is 29.9 Å². The van der Waals surface area contributed by atoms with E-state index in [4.69, 9.17) is 21.7 Å². The first-order chi connectivity index (χ1) is 19.0. The van der Waals surface area contributed by atoms with Crippen molar-refractivity contribution in [3.63, 3.8) is 0 Å². The zero-order valence-electron chi connectivity index (χ0n) is 20.8. The van der Waals surface area contributed by atoms with Crippen molar-refractivity contribution in [1.82, 2.24) is 34.9 Å². The lowest BCUT2D eigenvalue weighted by Gasteiger charge is -2.27. The largest absolute Gasteiger partial charge is 0.416 e. The zero-order chi connectivity index (χ0) is 28.9. The maximum atomic E-state index is 13.1. The Morgan fingerprint density at radius 3 is 2.55 bits per heavy atom. The maximum absolute atomic E-state index is 13.1. The number of ether oxygens (including phenoxy) is 1. The van der Waals surface area contributed by atoms with Gasteiger partial charge < -0.3 is 20.1 Å². The van der Waals surface area contributed by atoms with Crippen LogP contribution in [0.25, 0.3) is 5.69 Å². The van der Waals surface area contributed by atoms with Gasteiger partial charge in [0.1, 0.15) is 12.2 Å². The first-order valence-electron chi connectivity index (χ1n) is 11.9. The molecule has 1 aliphatic rings. The molecule has 3 amide bonds. The number of amides is 3. The molecule has 2 aromatic heterocycles. The molecule has 1 fully saturated rings. The third kappa shape index (κ3) is 6.91. The molecule has 3 heterocycles. The average Bonchev–Trinajstić information content (AvgIpc) is 3.43. The van der Waals surface area contributed by atoms with Crippen LogP contribution in [0, 0.1) is 5.41 Å². The first-order valence-corrected chi connectivity index (χ1v) is 12.3. The first kappa shape index (κ1) is 28.9. The van der Waals surface area contributed by atoms with Gasteiger partial charge >= 0.3 is 12.2 Å². The molecule has 1 aliphatic heterocycles. The van der Waals surface area contributed by atoms with Crippen LogP contribution in [0.4, 0.5) is 18.0 Å². The highest BCUT2D eigenvalue weighted by molar-refractivity contribution is 6.30. The van der Waals surface area contributed by atoms with Crippen molar-refractivity contribution >= 4 is 29.4 Å². The van der Waals surface area contributed by atoms with Crippen LogP contribution >= 0.6 is 11.6 Å². The SMILES string of the molecule is N=C(c1ccc(Cl)cc1)N(C[C@@H](O)C(F)(F)F)C(=O)NCc1ncn(-c2cccnc2C(=O)N2CCOCC2)n1. The minimum atomic E-state index is -5.01. The topological polar surface area (TPSA) is 150 Å². The summed E-state index contributed by atoms with van der Waals surface area (Å²) in [5.74, 6) is -0.835. The monoisotopic (exact) mass is 580 g/mol. The number of aliphatic hydroxyl groups excluding tert-OH is 1. The number of alkyl halides is 3. The Hall–Kier alpha value is -4.08. The second-order valence-corrected chi connectivity index (χ2v) is 9.00. The third-order valence-corrected chi connectivity index (χ3v) is 6.09. The van der Waals surface area contributed by atoms with E-state index in [1.165, 1.54) is 41.5 Å². The molecule has 12 nitrogen and oxygen atoms in total. The number of rotatable bonds is 7. The number of nitrogens with zero attached hydrogens (tertiary/aromatic N) is 6. The van der Waals surface area contributed by atoms with Crippen LogP contribution in [0.2, 0.25) is 5.02 Å². The van der Waals surface area contributed by atoms with Gasteiger partial charge in [-0.3, -0.25) is 15.1 Å². The smallest absolute Gasteiger partial charge is 0.382 e. The number of hydrogen-bond acceptors (Lipinski definition) is 8. The fourth-order valence-corrected chi connectivity index (χ4v) is 3.85. The lowest BCUT2D eigenvalue weighted by Crippen LogP contribution is -2.50. The van der Waals surface area contributed by atoms with Gasteiger partial charge in [0.05, 0.1) is 32.0 Å². The number of carbonyl (C=O) groups excluding carboxylic acids is 2. The lowest BCUT2D eigenvalue weighted by molar-refractivity contribution is -0.204. The van der Waals surface area contributed by atoms with E-state index >= 15 is 0 Å². The Morgan fingerprint density at radius 1 is 1.18 bits per heavy atom. The summed E-state index contributed by atoms with van der Waals surface area (Å²) in [6.45, 7) is 0.0932. The number of pyridine rings is 1. The van der Waals surface area contributed by atoms with Gasteiger partial charge in [-0.1, -0.05) is 11.6 Å². The number of aliphatic hydroxyl groups is 1. The highest BCUT2D eigenvalue weighted by atomic mass is 35.5. The summed E-state index contributed by atoms with van der Waals surface area (Å²) in [5, 5.41) is 24.8. The van der Waals surface area contributed by atoms with E-state index in [1.54, 1.807) is 17.0 Å². The van der Waals surface area contributed by atoms with Crippen molar-refractivity contribution in [3.8, 4) is 5.69 Å². The number of halogens is 4. The summed E-state index contributed by atoms with van der Waals surface area (Å²) < 4.78 is 45.7. The molecule has 3 aromatic rings. The minimum Gasteiger partial charge on any atom is -0.382 e. The van der Waals surface area contributed by atoms with E-state index in [9.17, 15) is 27.9 Å². The van der Waals surface area contributed by atoms with Crippen molar-refractivity contribution in [2.75, 3.05) is 32.8 Å². The second kappa shape index (κ2) is 12.4. The summed E-state index contributed by atoms with van der Waals surface area (Å²) in [4.78, 5) is 36.2. The number of benzene rings is 1. The molecule has 0 bridgehead atoms. The fraction of sp³-hybridized carbons (Fsp3) is 0.333. The molecule has 0 aliphatic carbocycles. The fourth-order valence-electron chi connectivity index (χ4n) is 3.72. The van der Waals surface area contributed by atoms with Crippen LogP contribution in [0.5, 0.6) is 0 Å². The Balaban J connectivity index is 1.49. The van der Waals surface area contributed by atoms with Crippen LogP contribution in [-0.2, 0) is 11.3 Å². The van der Waals surface area contributed by atoms with Gasteiger partial charge in [0.25, 0.3) is 5.91 Å². The summed E-state index contributed by atoms with van der Waals surface area (Å²) in [6, 6.07) is 7.68. The van der Waals surface area contributed by atoms with Crippen molar-refractivity contribution in [3.05, 3.63) is 71.0 Å². The Bertz CT molecular complexity index is 1360. The predicted molar refractivity (Wildman–Crippen MR) is 135 cm³/mol. The molecule has 0 saturated carbocycles. The van der Waals surface area contributed by atoms with Crippen LogP contribution in [0.15, 0.2) is 48.9 Å². The van der Waals surface area contributed by atoms with Gasteiger partial charge in [0.2, 0.25) is 0 Å².